The van der Waals surface area contributed by atoms with Crippen LogP contribution in [0.25, 0.3) is 0 Å². The number of rotatable bonds is 1. The summed E-state index contributed by atoms with van der Waals surface area (Å²) in [6, 6.07) is 5.79. The Bertz CT molecular complexity index is 372. The van der Waals surface area contributed by atoms with Gasteiger partial charge in [-0.15, -0.1) is 0 Å². The monoisotopic (exact) mass is 191 g/mol. The van der Waals surface area contributed by atoms with Crippen molar-refractivity contribution in [3.8, 4) is 5.75 Å². The van der Waals surface area contributed by atoms with Crippen LogP contribution in [0.1, 0.15) is 24.1 Å². The summed E-state index contributed by atoms with van der Waals surface area (Å²) in [6.45, 7) is 2.12. The van der Waals surface area contributed by atoms with Crippen LogP contribution >= 0.6 is 0 Å². The van der Waals surface area contributed by atoms with Gasteiger partial charge in [-0.1, -0.05) is 12.1 Å². The van der Waals surface area contributed by atoms with Gasteiger partial charge in [0.2, 0.25) is 0 Å². The highest BCUT2D eigenvalue weighted by atomic mass is 16.5. The van der Waals surface area contributed by atoms with Crippen molar-refractivity contribution in [3.05, 3.63) is 29.3 Å². The Balaban J connectivity index is 2.37. The lowest BCUT2D eigenvalue weighted by molar-refractivity contribution is -0.121. The molecule has 1 atom stereocenters. The molecular formula is C11H13NO2. The van der Waals surface area contributed by atoms with Gasteiger partial charge < -0.3 is 10.5 Å². The average molecular weight is 191 g/mol. The lowest BCUT2D eigenvalue weighted by Gasteiger charge is -2.17. The molecule has 2 rings (SSSR count). The van der Waals surface area contributed by atoms with Crippen molar-refractivity contribution in [2.45, 2.75) is 19.4 Å². The van der Waals surface area contributed by atoms with Crippen molar-refractivity contribution in [3.63, 3.8) is 0 Å². The Labute approximate surface area is 82.9 Å². The Hall–Kier alpha value is -1.35. The molecule has 2 N–H and O–H groups in total. The van der Waals surface area contributed by atoms with E-state index in [0.717, 1.165) is 16.9 Å². The number of carbonyl (C=O) groups is 1. The minimum absolute atomic E-state index is 0.00247. The molecule has 1 aromatic carbocycles. The summed E-state index contributed by atoms with van der Waals surface area (Å²) in [5.74, 6) is 0.938. The molecule has 3 heteroatoms. The highest BCUT2D eigenvalue weighted by molar-refractivity contribution is 5.84. The Morgan fingerprint density at radius 3 is 3.00 bits per heavy atom. The zero-order chi connectivity index (χ0) is 10.1. The highest BCUT2D eigenvalue weighted by Crippen LogP contribution is 2.26. The first-order chi connectivity index (χ1) is 6.66. The average Bonchev–Trinajstić information content (AvgIpc) is 2.16. The number of nitrogens with two attached hydrogens (primary N) is 1. The molecule has 0 fully saturated rings. The van der Waals surface area contributed by atoms with E-state index in [9.17, 15) is 4.79 Å². The zero-order valence-corrected chi connectivity index (χ0v) is 8.12. The molecule has 0 aliphatic carbocycles. The van der Waals surface area contributed by atoms with Crippen LogP contribution in [0, 0.1) is 0 Å². The predicted octanol–water partition coefficient (Wildman–Crippen LogP) is 1.21. The van der Waals surface area contributed by atoms with Crippen molar-refractivity contribution in [2.24, 2.45) is 5.73 Å². The topological polar surface area (TPSA) is 52.3 Å². The van der Waals surface area contributed by atoms with Gasteiger partial charge in [0.15, 0.2) is 5.78 Å². The van der Waals surface area contributed by atoms with Crippen molar-refractivity contribution in [1.82, 2.24) is 0 Å². The maximum absolute atomic E-state index is 11.2. The molecule has 0 saturated carbocycles. The third-order valence-corrected chi connectivity index (χ3v) is 2.39. The van der Waals surface area contributed by atoms with Crippen molar-refractivity contribution in [1.29, 1.82) is 0 Å². The van der Waals surface area contributed by atoms with E-state index in [1.54, 1.807) is 0 Å². The Morgan fingerprint density at radius 1 is 1.50 bits per heavy atom. The van der Waals surface area contributed by atoms with Crippen LogP contribution in [-0.4, -0.2) is 12.4 Å². The fourth-order valence-corrected chi connectivity index (χ4v) is 1.58. The fraction of sp³-hybridized carbons (Fsp3) is 0.364. The third kappa shape index (κ3) is 1.63. The van der Waals surface area contributed by atoms with Crippen molar-refractivity contribution >= 4 is 5.78 Å². The molecule has 1 unspecified atom stereocenters. The van der Waals surface area contributed by atoms with Gasteiger partial charge in [-0.3, -0.25) is 4.79 Å². The minimum Gasteiger partial charge on any atom is -0.486 e. The molecular weight excluding hydrogens is 178 g/mol. The van der Waals surface area contributed by atoms with Crippen LogP contribution in [-0.2, 0) is 11.2 Å². The first-order valence-corrected chi connectivity index (χ1v) is 4.69. The second kappa shape index (κ2) is 3.42. The molecule has 0 aromatic heterocycles. The van der Waals surface area contributed by atoms with Gasteiger partial charge in [0, 0.05) is 18.0 Å². The van der Waals surface area contributed by atoms with Crippen LogP contribution in [0.5, 0.6) is 5.75 Å². The normalized spacial score (nSPS) is 17.1. The lowest BCUT2D eigenvalue weighted by atomic mass is 10.00. The number of ether oxygens (including phenoxy) is 1. The van der Waals surface area contributed by atoms with Crippen LogP contribution in [0.3, 0.4) is 0 Å². The largest absolute Gasteiger partial charge is 0.486 e. The summed E-state index contributed by atoms with van der Waals surface area (Å²) in [6.07, 6.45) is 0.468. The molecule has 74 valence electrons. The number of ketones is 1. The molecule has 1 aromatic rings. The first kappa shape index (κ1) is 9.21. The number of fused-ring (bicyclic) bond motifs is 1. The summed E-state index contributed by atoms with van der Waals surface area (Å²) in [5, 5.41) is 0. The van der Waals surface area contributed by atoms with E-state index in [1.807, 2.05) is 25.1 Å². The van der Waals surface area contributed by atoms with Gasteiger partial charge in [-0.25, -0.2) is 0 Å². The van der Waals surface area contributed by atoms with Crippen molar-refractivity contribution < 1.29 is 9.53 Å². The van der Waals surface area contributed by atoms with E-state index in [4.69, 9.17) is 10.5 Å². The van der Waals surface area contributed by atoms with Gasteiger partial charge in [0.25, 0.3) is 0 Å². The molecule has 0 amide bonds. The molecule has 1 heterocycles. The van der Waals surface area contributed by atoms with Crippen LogP contribution in [0.2, 0.25) is 0 Å². The summed E-state index contributed by atoms with van der Waals surface area (Å²) < 4.78 is 5.28. The number of benzene rings is 1. The van der Waals surface area contributed by atoms with E-state index >= 15 is 0 Å². The molecule has 0 radical (unpaired) electrons. The maximum atomic E-state index is 11.2. The SMILES string of the molecule is CC(N)c1ccc2c(c1)CC(=O)CO2. The predicted molar refractivity (Wildman–Crippen MR) is 53.3 cm³/mol. The quantitative estimate of drug-likeness (QED) is 0.726. The summed E-state index contributed by atoms with van der Waals surface area (Å²) >= 11 is 0. The van der Waals surface area contributed by atoms with E-state index in [0.29, 0.717) is 6.42 Å². The molecule has 0 spiro atoms. The molecule has 14 heavy (non-hydrogen) atoms. The van der Waals surface area contributed by atoms with E-state index in [-0.39, 0.29) is 18.4 Å². The number of Topliss-reactive ketones (excluding diaryl/α,β-unsaturated/α-hetero) is 1. The second-order valence-corrected chi connectivity index (χ2v) is 3.66. The van der Waals surface area contributed by atoms with Crippen LogP contribution in [0.4, 0.5) is 0 Å². The van der Waals surface area contributed by atoms with Gasteiger partial charge in [-0.05, 0) is 18.6 Å². The summed E-state index contributed by atoms with van der Waals surface area (Å²) in [4.78, 5) is 11.2. The molecule has 3 nitrogen and oxygen atoms in total. The first-order valence-electron chi connectivity index (χ1n) is 4.69. The fourth-order valence-electron chi connectivity index (χ4n) is 1.58. The van der Waals surface area contributed by atoms with Gasteiger partial charge in [-0.2, -0.15) is 0 Å². The highest BCUT2D eigenvalue weighted by Gasteiger charge is 2.17. The molecule has 1 aliphatic heterocycles. The number of hydrogen-bond donors (Lipinski definition) is 1. The number of hydrogen-bond acceptors (Lipinski definition) is 3. The Morgan fingerprint density at radius 2 is 2.29 bits per heavy atom. The van der Waals surface area contributed by atoms with Crippen molar-refractivity contribution in [2.75, 3.05) is 6.61 Å². The minimum atomic E-state index is -0.00247. The Kier molecular flexibility index (Phi) is 2.25. The van der Waals surface area contributed by atoms with Crippen LogP contribution < -0.4 is 10.5 Å². The van der Waals surface area contributed by atoms with Gasteiger partial charge in [0.05, 0.1) is 0 Å². The third-order valence-electron chi connectivity index (χ3n) is 2.39. The summed E-state index contributed by atoms with van der Waals surface area (Å²) in [5.41, 5.74) is 7.75. The number of carbonyl (C=O) groups excluding carboxylic acids is 1. The van der Waals surface area contributed by atoms with Crippen LogP contribution in [0.15, 0.2) is 18.2 Å². The molecule has 1 aliphatic rings. The maximum Gasteiger partial charge on any atom is 0.174 e. The van der Waals surface area contributed by atoms with E-state index < -0.39 is 0 Å². The molecule has 0 bridgehead atoms. The summed E-state index contributed by atoms with van der Waals surface area (Å²) in [7, 11) is 0. The van der Waals surface area contributed by atoms with E-state index in [2.05, 4.69) is 0 Å². The smallest absolute Gasteiger partial charge is 0.174 e. The lowest BCUT2D eigenvalue weighted by Crippen LogP contribution is -2.20. The van der Waals surface area contributed by atoms with Gasteiger partial charge >= 0.3 is 0 Å². The standard InChI is InChI=1S/C11H13NO2/c1-7(12)8-2-3-11-9(4-8)5-10(13)6-14-11/h2-4,7H,5-6,12H2,1H3. The molecule has 0 saturated heterocycles. The van der Waals surface area contributed by atoms with E-state index in [1.165, 1.54) is 0 Å². The zero-order valence-electron chi connectivity index (χ0n) is 8.12. The second-order valence-electron chi connectivity index (χ2n) is 3.66. The van der Waals surface area contributed by atoms with Gasteiger partial charge in [0.1, 0.15) is 12.4 Å².